The van der Waals surface area contributed by atoms with Crippen LogP contribution in [0.5, 0.6) is 0 Å². The molecule has 108 valence electrons. The van der Waals surface area contributed by atoms with Crippen molar-refractivity contribution in [3.8, 4) is 0 Å². The van der Waals surface area contributed by atoms with Gasteiger partial charge in [-0.05, 0) is 33.6 Å². The fraction of sp³-hybridized carbons (Fsp3) is 0.133. The van der Waals surface area contributed by atoms with E-state index in [0.29, 0.717) is 15.7 Å². The smallest absolute Gasteiger partial charge is 0.333 e. The molecule has 1 unspecified atom stereocenters. The van der Waals surface area contributed by atoms with Gasteiger partial charge in [0.25, 0.3) is 5.91 Å². The lowest BCUT2D eigenvalue weighted by Crippen LogP contribution is -2.34. The minimum absolute atomic E-state index is 0.377. The first kappa shape index (κ1) is 15.2. The van der Waals surface area contributed by atoms with Crippen LogP contribution >= 0.6 is 15.9 Å². The number of hydrogen-bond donors (Lipinski definition) is 1. The van der Waals surface area contributed by atoms with Crippen molar-refractivity contribution < 1.29 is 14.3 Å². The molecule has 5 nitrogen and oxygen atoms in total. The summed E-state index contributed by atoms with van der Waals surface area (Å²) < 4.78 is 5.30. The Morgan fingerprint density at radius 3 is 2.57 bits per heavy atom. The van der Waals surface area contributed by atoms with Gasteiger partial charge in [0.15, 0.2) is 6.04 Å². The number of pyridine rings is 1. The van der Waals surface area contributed by atoms with Crippen molar-refractivity contribution in [1.29, 1.82) is 0 Å². The van der Waals surface area contributed by atoms with Gasteiger partial charge in [-0.3, -0.25) is 4.79 Å². The maximum atomic E-state index is 12.2. The van der Waals surface area contributed by atoms with Crippen LogP contribution < -0.4 is 5.32 Å². The largest absolute Gasteiger partial charge is 0.467 e. The molecule has 1 atom stereocenters. The van der Waals surface area contributed by atoms with Gasteiger partial charge in [0.05, 0.1) is 7.11 Å². The van der Waals surface area contributed by atoms with E-state index < -0.39 is 12.0 Å². The summed E-state index contributed by atoms with van der Waals surface area (Å²) in [6.07, 6.45) is 1.51. The van der Waals surface area contributed by atoms with E-state index in [1.165, 1.54) is 13.3 Å². The molecule has 21 heavy (non-hydrogen) atoms. The summed E-state index contributed by atoms with van der Waals surface area (Å²) in [6, 6.07) is 11.2. The number of rotatable bonds is 4. The molecule has 0 radical (unpaired) electrons. The Balaban J connectivity index is 2.23. The molecule has 0 aliphatic rings. The fourth-order valence-electron chi connectivity index (χ4n) is 1.80. The predicted octanol–water partition coefficient (Wildman–Crippen LogP) is 2.49. The standard InChI is InChI=1S/C15H13BrN2O3/c1-21-15(20)13(10-5-3-2-4-6-10)18-14(19)11-7-8-17-12(16)9-11/h2-9,13H,1H3,(H,18,19). The van der Waals surface area contributed by atoms with Crippen LogP contribution in [0.25, 0.3) is 0 Å². The molecule has 0 saturated heterocycles. The van der Waals surface area contributed by atoms with E-state index >= 15 is 0 Å². The highest BCUT2D eigenvalue weighted by Crippen LogP contribution is 2.16. The average Bonchev–Trinajstić information content (AvgIpc) is 2.52. The van der Waals surface area contributed by atoms with Crippen molar-refractivity contribution in [2.45, 2.75) is 6.04 Å². The van der Waals surface area contributed by atoms with Crippen LogP contribution in [0.1, 0.15) is 22.0 Å². The second-order valence-electron chi connectivity index (χ2n) is 4.21. The zero-order valence-electron chi connectivity index (χ0n) is 11.2. The minimum atomic E-state index is -0.851. The van der Waals surface area contributed by atoms with Crippen molar-refractivity contribution in [1.82, 2.24) is 10.3 Å². The summed E-state index contributed by atoms with van der Waals surface area (Å²) in [4.78, 5) is 28.1. The topological polar surface area (TPSA) is 68.3 Å². The van der Waals surface area contributed by atoms with Crippen LogP contribution in [0.15, 0.2) is 53.3 Å². The van der Waals surface area contributed by atoms with E-state index in [1.807, 2.05) is 6.07 Å². The molecule has 1 aromatic carbocycles. The molecular weight excluding hydrogens is 336 g/mol. The first-order valence-electron chi connectivity index (χ1n) is 6.17. The van der Waals surface area contributed by atoms with Crippen LogP contribution in [0.4, 0.5) is 0 Å². The Labute approximate surface area is 130 Å². The van der Waals surface area contributed by atoms with Gasteiger partial charge in [0.2, 0.25) is 0 Å². The number of esters is 1. The van der Waals surface area contributed by atoms with Gasteiger partial charge in [-0.15, -0.1) is 0 Å². The van der Waals surface area contributed by atoms with Gasteiger partial charge in [-0.25, -0.2) is 9.78 Å². The summed E-state index contributed by atoms with van der Waals surface area (Å²) >= 11 is 3.20. The summed E-state index contributed by atoms with van der Waals surface area (Å²) in [7, 11) is 1.29. The number of halogens is 1. The SMILES string of the molecule is COC(=O)C(NC(=O)c1ccnc(Br)c1)c1ccccc1. The Morgan fingerprint density at radius 1 is 1.24 bits per heavy atom. The van der Waals surface area contributed by atoms with E-state index in [4.69, 9.17) is 4.74 Å². The Kier molecular flexibility index (Phi) is 5.05. The Bertz CT molecular complexity index is 646. The third-order valence-electron chi connectivity index (χ3n) is 2.83. The highest BCUT2D eigenvalue weighted by molar-refractivity contribution is 9.10. The zero-order valence-corrected chi connectivity index (χ0v) is 12.8. The van der Waals surface area contributed by atoms with Crippen LogP contribution in [-0.2, 0) is 9.53 Å². The molecule has 0 bridgehead atoms. The van der Waals surface area contributed by atoms with Crippen molar-refractivity contribution in [2.75, 3.05) is 7.11 Å². The van der Waals surface area contributed by atoms with Crippen molar-refractivity contribution >= 4 is 27.8 Å². The van der Waals surface area contributed by atoms with Crippen LogP contribution in [0.2, 0.25) is 0 Å². The van der Waals surface area contributed by atoms with Crippen LogP contribution in [0, 0.1) is 0 Å². The molecule has 0 fully saturated rings. The lowest BCUT2D eigenvalue weighted by Gasteiger charge is -2.16. The van der Waals surface area contributed by atoms with E-state index in [-0.39, 0.29) is 5.91 Å². The van der Waals surface area contributed by atoms with Crippen LogP contribution in [-0.4, -0.2) is 24.0 Å². The van der Waals surface area contributed by atoms with Gasteiger partial charge in [0, 0.05) is 11.8 Å². The third-order valence-corrected chi connectivity index (χ3v) is 3.27. The Morgan fingerprint density at radius 2 is 1.95 bits per heavy atom. The fourth-order valence-corrected chi connectivity index (χ4v) is 2.16. The molecule has 6 heteroatoms. The minimum Gasteiger partial charge on any atom is -0.467 e. The highest BCUT2D eigenvalue weighted by atomic mass is 79.9. The van der Waals surface area contributed by atoms with Crippen molar-refractivity contribution in [3.63, 3.8) is 0 Å². The molecule has 0 spiro atoms. The van der Waals surface area contributed by atoms with Crippen LogP contribution in [0.3, 0.4) is 0 Å². The second kappa shape index (κ2) is 6.99. The first-order valence-corrected chi connectivity index (χ1v) is 6.96. The van der Waals surface area contributed by atoms with E-state index in [1.54, 1.807) is 36.4 Å². The summed E-state index contributed by atoms with van der Waals surface area (Å²) in [6.45, 7) is 0. The molecule has 1 heterocycles. The normalized spacial score (nSPS) is 11.5. The number of nitrogens with one attached hydrogen (secondary N) is 1. The van der Waals surface area contributed by atoms with E-state index in [0.717, 1.165) is 0 Å². The molecule has 1 amide bonds. The number of benzene rings is 1. The number of methoxy groups -OCH3 is 1. The lowest BCUT2D eigenvalue weighted by atomic mass is 10.1. The monoisotopic (exact) mass is 348 g/mol. The number of ether oxygens (including phenoxy) is 1. The number of nitrogens with zero attached hydrogens (tertiary/aromatic N) is 1. The third kappa shape index (κ3) is 3.88. The van der Waals surface area contributed by atoms with Gasteiger partial charge in [-0.2, -0.15) is 0 Å². The molecule has 1 N–H and O–H groups in total. The first-order chi connectivity index (χ1) is 10.1. The lowest BCUT2D eigenvalue weighted by molar-refractivity contribution is -0.143. The molecule has 2 rings (SSSR count). The molecule has 0 aliphatic carbocycles. The maximum Gasteiger partial charge on any atom is 0.333 e. The predicted molar refractivity (Wildman–Crippen MR) is 80.6 cm³/mol. The van der Waals surface area contributed by atoms with Gasteiger partial charge < -0.3 is 10.1 Å². The second-order valence-corrected chi connectivity index (χ2v) is 5.02. The molecule has 0 aliphatic heterocycles. The van der Waals surface area contributed by atoms with E-state index in [9.17, 15) is 9.59 Å². The van der Waals surface area contributed by atoms with Crippen molar-refractivity contribution in [3.05, 3.63) is 64.4 Å². The van der Waals surface area contributed by atoms with E-state index in [2.05, 4.69) is 26.2 Å². The molecule has 0 saturated carbocycles. The van der Waals surface area contributed by atoms with Crippen molar-refractivity contribution in [2.24, 2.45) is 0 Å². The summed E-state index contributed by atoms with van der Waals surface area (Å²) in [5.74, 6) is -0.903. The maximum absolute atomic E-state index is 12.2. The molecular formula is C15H13BrN2O3. The number of hydrogen-bond acceptors (Lipinski definition) is 4. The molecule has 2 aromatic rings. The van der Waals surface area contributed by atoms with Gasteiger partial charge in [0.1, 0.15) is 4.60 Å². The Hall–Kier alpha value is -2.21. The quantitative estimate of drug-likeness (QED) is 0.680. The average molecular weight is 349 g/mol. The summed E-state index contributed by atoms with van der Waals surface area (Å²) in [5, 5.41) is 2.67. The number of carbonyl (C=O) groups is 2. The number of amides is 1. The number of aromatic nitrogens is 1. The molecule has 1 aromatic heterocycles. The van der Waals surface area contributed by atoms with Gasteiger partial charge >= 0.3 is 5.97 Å². The highest BCUT2D eigenvalue weighted by Gasteiger charge is 2.23. The summed E-state index contributed by atoms with van der Waals surface area (Å²) in [5.41, 5.74) is 1.06. The van der Waals surface area contributed by atoms with Gasteiger partial charge in [-0.1, -0.05) is 30.3 Å². The zero-order chi connectivity index (χ0) is 15.2. The number of carbonyl (C=O) groups excluding carboxylic acids is 2.